The molecule has 0 spiro atoms. The first-order chi connectivity index (χ1) is 7.41. The van der Waals surface area contributed by atoms with Gasteiger partial charge in [-0.25, -0.2) is 0 Å². The first kappa shape index (κ1) is 13.2. The predicted molar refractivity (Wildman–Crippen MR) is 70.3 cm³/mol. The molecule has 1 aromatic carbocycles. The van der Waals surface area contributed by atoms with Crippen molar-refractivity contribution in [3.05, 3.63) is 28.2 Å². The first-order valence-electron chi connectivity index (χ1n) is 5.24. The van der Waals surface area contributed by atoms with E-state index < -0.39 is 6.04 Å². The number of rotatable bonds is 3. The van der Waals surface area contributed by atoms with Crippen LogP contribution in [0, 0.1) is 12.8 Å². The molecule has 3 nitrogen and oxygen atoms in total. The summed E-state index contributed by atoms with van der Waals surface area (Å²) >= 11 is 3.38. The van der Waals surface area contributed by atoms with Gasteiger partial charge in [0, 0.05) is 10.2 Å². The highest BCUT2D eigenvalue weighted by atomic mass is 79.9. The van der Waals surface area contributed by atoms with Gasteiger partial charge in [-0.15, -0.1) is 0 Å². The van der Waals surface area contributed by atoms with E-state index in [0.717, 1.165) is 15.7 Å². The van der Waals surface area contributed by atoms with Crippen LogP contribution in [0.1, 0.15) is 19.4 Å². The number of hydrogen-bond acceptors (Lipinski definition) is 2. The maximum absolute atomic E-state index is 11.7. The van der Waals surface area contributed by atoms with E-state index in [-0.39, 0.29) is 11.8 Å². The van der Waals surface area contributed by atoms with Crippen molar-refractivity contribution in [2.45, 2.75) is 26.8 Å². The molecule has 0 fully saturated rings. The fourth-order valence-electron chi connectivity index (χ4n) is 1.29. The quantitative estimate of drug-likeness (QED) is 0.897. The zero-order valence-electron chi connectivity index (χ0n) is 9.75. The summed E-state index contributed by atoms with van der Waals surface area (Å²) in [6.45, 7) is 5.80. The number of aryl methyl sites for hydroxylation is 1. The van der Waals surface area contributed by atoms with E-state index in [9.17, 15) is 4.79 Å². The van der Waals surface area contributed by atoms with Gasteiger partial charge in [-0.1, -0.05) is 29.8 Å². The molecule has 0 radical (unpaired) electrons. The minimum atomic E-state index is -0.469. The maximum Gasteiger partial charge on any atom is 0.241 e. The molecule has 0 aliphatic heterocycles. The van der Waals surface area contributed by atoms with Crippen molar-refractivity contribution in [3.63, 3.8) is 0 Å². The second kappa shape index (κ2) is 5.46. The van der Waals surface area contributed by atoms with Gasteiger partial charge in [0.25, 0.3) is 0 Å². The molecule has 0 aliphatic carbocycles. The van der Waals surface area contributed by atoms with Crippen LogP contribution in [0.3, 0.4) is 0 Å². The van der Waals surface area contributed by atoms with Gasteiger partial charge in [0.15, 0.2) is 0 Å². The molecule has 0 aromatic heterocycles. The lowest BCUT2D eigenvalue weighted by atomic mass is 10.0. The Balaban J connectivity index is 2.77. The molecule has 0 aliphatic rings. The monoisotopic (exact) mass is 284 g/mol. The minimum Gasteiger partial charge on any atom is -0.324 e. The molecule has 88 valence electrons. The SMILES string of the molecule is Cc1cc(Br)ccc1NC(=O)C(N)C(C)C. The number of benzene rings is 1. The Morgan fingerprint density at radius 1 is 1.44 bits per heavy atom. The van der Waals surface area contributed by atoms with E-state index in [4.69, 9.17) is 5.73 Å². The maximum atomic E-state index is 11.7. The lowest BCUT2D eigenvalue weighted by Crippen LogP contribution is -2.39. The average molecular weight is 285 g/mol. The van der Waals surface area contributed by atoms with Crippen molar-refractivity contribution in [3.8, 4) is 0 Å². The summed E-state index contributed by atoms with van der Waals surface area (Å²) < 4.78 is 0.996. The van der Waals surface area contributed by atoms with Crippen LogP contribution in [0.5, 0.6) is 0 Å². The molecular formula is C12H17BrN2O. The summed E-state index contributed by atoms with van der Waals surface area (Å²) in [5, 5.41) is 2.83. The highest BCUT2D eigenvalue weighted by molar-refractivity contribution is 9.10. The number of carbonyl (C=O) groups excluding carboxylic acids is 1. The van der Waals surface area contributed by atoms with Gasteiger partial charge in [0.05, 0.1) is 6.04 Å². The van der Waals surface area contributed by atoms with Gasteiger partial charge in [0.2, 0.25) is 5.91 Å². The van der Waals surface area contributed by atoms with Gasteiger partial charge >= 0.3 is 0 Å². The summed E-state index contributed by atoms with van der Waals surface area (Å²) in [7, 11) is 0. The molecule has 4 heteroatoms. The van der Waals surface area contributed by atoms with E-state index >= 15 is 0 Å². The van der Waals surface area contributed by atoms with Gasteiger partial charge in [0.1, 0.15) is 0 Å². The Morgan fingerprint density at radius 2 is 2.06 bits per heavy atom. The molecule has 0 saturated carbocycles. The summed E-state index contributed by atoms with van der Waals surface area (Å²) in [6.07, 6.45) is 0. The zero-order valence-corrected chi connectivity index (χ0v) is 11.3. The smallest absolute Gasteiger partial charge is 0.241 e. The Morgan fingerprint density at radius 3 is 2.56 bits per heavy atom. The van der Waals surface area contributed by atoms with Crippen LogP contribution in [0.2, 0.25) is 0 Å². The van der Waals surface area contributed by atoms with Crippen LogP contribution < -0.4 is 11.1 Å². The third kappa shape index (κ3) is 3.32. The molecule has 1 amide bonds. The molecule has 1 atom stereocenters. The lowest BCUT2D eigenvalue weighted by molar-refractivity contribution is -0.118. The first-order valence-corrected chi connectivity index (χ1v) is 6.03. The Kier molecular flexibility index (Phi) is 4.50. The van der Waals surface area contributed by atoms with Crippen molar-refractivity contribution in [1.29, 1.82) is 0 Å². The Hall–Kier alpha value is -0.870. The number of amides is 1. The fraction of sp³-hybridized carbons (Fsp3) is 0.417. The topological polar surface area (TPSA) is 55.1 Å². The van der Waals surface area contributed by atoms with Crippen molar-refractivity contribution < 1.29 is 4.79 Å². The second-order valence-electron chi connectivity index (χ2n) is 4.22. The normalized spacial score (nSPS) is 12.6. The third-order valence-electron chi connectivity index (χ3n) is 2.47. The van der Waals surface area contributed by atoms with E-state index in [1.165, 1.54) is 0 Å². The average Bonchev–Trinajstić information content (AvgIpc) is 2.20. The third-order valence-corrected chi connectivity index (χ3v) is 2.96. The van der Waals surface area contributed by atoms with Crippen LogP contribution in [-0.4, -0.2) is 11.9 Å². The molecule has 16 heavy (non-hydrogen) atoms. The van der Waals surface area contributed by atoms with Crippen molar-refractivity contribution in [1.82, 2.24) is 0 Å². The van der Waals surface area contributed by atoms with Gasteiger partial charge in [-0.2, -0.15) is 0 Å². The van der Waals surface area contributed by atoms with Crippen LogP contribution in [0.25, 0.3) is 0 Å². The van der Waals surface area contributed by atoms with E-state index in [2.05, 4.69) is 21.2 Å². The highest BCUT2D eigenvalue weighted by Gasteiger charge is 2.17. The zero-order chi connectivity index (χ0) is 12.3. The Bertz CT molecular complexity index is 391. The van der Waals surface area contributed by atoms with Crippen LogP contribution in [-0.2, 0) is 4.79 Å². The summed E-state index contributed by atoms with van der Waals surface area (Å²) in [4.78, 5) is 11.7. The highest BCUT2D eigenvalue weighted by Crippen LogP contribution is 2.20. The number of halogens is 1. The van der Waals surface area contributed by atoms with Crippen LogP contribution in [0.4, 0.5) is 5.69 Å². The van der Waals surface area contributed by atoms with Crippen molar-refractivity contribution in [2.75, 3.05) is 5.32 Å². The summed E-state index contributed by atoms with van der Waals surface area (Å²) in [5.41, 5.74) is 7.59. The number of nitrogens with two attached hydrogens (primary N) is 1. The molecule has 3 N–H and O–H groups in total. The van der Waals surface area contributed by atoms with Crippen LogP contribution in [0.15, 0.2) is 22.7 Å². The molecular weight excluding hydrogens is 268 g/mol. The van der Waals surface area contributed by atoms with E-state index in [1.807, 2.05) is 39.0 Å². The number of nitrogens with one attached hydrogen (secondary N) is 1. The number of carbonyl (C=O) groups is 1. The van der Waals surface area contributed by atoms with Gasteiger partial charge < -0.3 is 11.1 Å². The van der Waals surface area contributed by atoms with Crippen LogP contribution >= 0.6 is 15.9 Å². The second-order valence-corrected chi connectivity index (χ2v) is 5.13. The van der Waals surface area contributed by atoms with Crippen molar-refractivity contribution in [2.24, 2.45) is 11.7 Å². The lowest BCUT2D eigenvalue weighted by Gasteiger charge is -2.16. The molecule has 1 unspecified atom stereocenters. The molecule has 0 saturated heterocycles. The minimum absolute atomic E-state index is 0.135. The number of anilines is 1. The largest absolute Gasteiger partial charge is 0.324 e. The van der Waals surface area contributed by atoms with E-state index in [0.29, 0.717) is 0 Å². The molecule has 1 rings (SSSR count). The number of hydrogen-bond donors (Lipinski definition) is 2. The van der Waals surface area contributed by atoms with E-state index in [1.54, 1.807) is 0 Å². The molecule has 1 aromatic rings. The van der Waals surface area contributed by atoms with Gasteiger partial charge in [-0.3, -0.25) is 4.79 Å². The van der Waals surface area contributed by atoms with Gasteiger partial charge in [-0.05, 0) is 36.6 Å². The Labute approximate surface area is 105 Å². The molecule has 0 heterocycles. The van der Waals surface area contributed by atoms with Crippen molar-refractivity contribution >= 4 is 27.5 Å². The fourth-order valence-corrected chi connectivity index (χ4v) is 1.76. The molecule has 0 bridgehead atoms. The standard InChI is InChI=1S/C12H17BrN2O/c1-7(2)11(14)12(16)15-10-5-4-9(13)6-8(10)3/h4-7,11H,14H2,1-3H3,(H,15,16). The summed E-state index contributed by atoms with van der Waals surface area (Å²) in [6, 6.07) is 5.24. The summed E-state index contributed by atoms with van der Waals surface area (Å²) in [5.74, 6) is -0.00354. The predicted octanol–water partition coefficient (Wildman–Crippen LogP) is 2.68.